The summed E-state index contributed by atoms with van der Waals surface area (Å²) in [7, 11) is 0. The van der Waals surface area contributed by atoms with Gasteiger partial charge in [0, 0.05) is 5.56 Å². The third-order valence-corrected chi connectivity index (χ3v) is 8.23. The molecule has 1 heterocycles. The normalized spacial score (nSPS) is 15.6. The number of halogens is 7. The highest BCUT2D eigenvalue weighted by Crippen LogP contribution is 2.38. The number of rotatable bonds is 10. The van der Waals surface area contributed by atoms with Gasteiger partial charge in [0.2, 0.25) is 5.91 Å². The molecule has 1 amide bonds. The Bertz CT molecular complexity index is 1710. The van der Waals surface area contributed by atoms with E-state index in [0.717, 1.165) is 29.8 Å². The van der Waals surface area contributed by atoms with Gasteiger partial charge in [0.15, 0.2) is 0 Å². The van der Waals surface area contributed by atoms with Crippen LogP contribution in [-0.4, -0.2) is 35.7 Å². The quantitative estimate of drug-likeness (QED) is 0.156. The molecular weight excluding hydrogens is 655 g/mol. The van der Waals surface area contributed by atoms with Crippen molar-refractivity contribution >= 4 is 5.91 Å². The van der Waals surface area contributed by atoms with E-state index in [1.54, 1.807) is 17.0 Å². The van der Waals surface area contributed by atoms with E-state index in [9.17, 15) is 35.5 Å². The first-order chi connectivity index (χ1) is 22.7. The summed E-state index contributed by atoms with van der Waals surface area (Å²) in [5, 5.41) is 0. The van der Waals surface area contributed by atoms with Crippen LogP contribution in [0.4, 0.5) is 30.7 Å². The number of hydrogen-bond donors (Lipinski definition) is 0. The number of alkyl halides is 6. The van der Waals surface area contributed by atoms with Gasteiger partial charge >= 0.3 is 12.4 Å². The lowest BCUT2D eigenvalue weighted by Crippen LogP contribution is -2.41. The summed E-state index contributed by atoms with van der Waals surface area (Å²) >= 11 is 0. The van der Waals surface area contributed by atoms with Crippen LogP contribution in [0.1, 0.15) is 54.0 Å². The van der Waals surface area contributed by atoms with Gasteiger partial charge in [-0.05, 0) is 77.4 Å². The van der Waals surface area contributed by atoms with E-state index < -0.39 is 41.8 Å². The largest absolute Gasteiger partial charge is 0.489 e. The highest BCUT2D eigenvalue weighted by molar-refractivity contribution is 5.85. The fourth-order valence-corrected chi connectivity index (χ4v) is 5.86. The third kappa shape index (κ3) is 9.39. The van der Waals surface area contributed by atoms with E-state index in [1.165, 1.54) is 18.2 Å². The first kappa shape index (κ1) is 37.4. The molecule has 12 heteroatoms. The Kier molecular flexibility index (Phi) is 11.8. The molecule has 49 heavy (non-hydrogen) atoms. The number of hydrogen-bond acceptors (Lipinski definition) is 3. The molecule has 0 aliphatic carbocycles. The monoisotopic (exact) mass is 691 g/mol. The SMILES string of the molecule is CC(C)CC(C(=O)N1COCC1Cc1ccccc1)c1cc(OCc2ccc(F)cc2C(F)(F)F)cc(-c2ccc(C(F)(F)F)cc2)c1.O. The van der Waals surface area contributed by atoms with Crippen molar-refractivity contribution in [3.63, 3.8) is 0 Å². The Morgan fingerprint density at radius 2 is 1.57 bits per heavy atom. The molecule has 4 aromatic rings. The second-order valence-corrected chi connectivity index (χ2v) is 12.3. The van der Waals surface area contributed by atoms with Crippen molar-refractivity contribution in [1.29, 1.82) is 0 Å². The van der Waals surface area contributed by atoms with Gasteiger partial charge in [0.1, 0.15) is 24.9 Å². The summed E-state index contributed by atoms with van der Waals surface area (Å²) in [6.07, 6.45) is -8.42. The Hall–Kier alpha value is -4.42. The molecule has 5 nitrogen and oxygen atoms in total. The molecule has 2 atom stereocenters. The van der Waals surface area contributed by atoms with E-state index in [4.69, 9.17) is 9.47 Å². The maximum Gasteiger partial charge on any atom is 0.416 e. The Morgan fingerprint density at radius 1 is 0.878 bits per heavy atom. The molecule has 0 spiro atoms. The molecule has 262 valence electrons. The van der Waals surface area contributed by atoms with Gasteiger partial charge in [-0.2, -0.15) is 26.3 Å². The zero-order valence-electron chi connectivity index (χ0n) is 26.7. The first-order valence-electron chi connectivity index (χ1n) is 15.4. The van der Waals surface area contributed by atoms with Gasteiger partial charge in [-0.3, -0.25) is 4.79 Å². The zero-order chi connectivity index (χ0) is 34.6. The van der Waals surface area contributed by atoms with Crippen LogP contribution in [0.15, 0.2) is 91.0 Å². The fourth-order valence-electron chi connectivity index (χ4n) is 5.86. The second-order valence-electron chi connectivity index (χ2n) is 12.3. The molecule has 0 aromatic heterocycles. The number of benzene rings is 4. The average molecular weight is 692 g/mol. The van der Waals surface area contributed by atoms with Crippen LogP contribution in [0.25, 0.3) is 11.1 Å². The van der Waals surface area contributed by atoms with Gasteiger partial charge < -0.3 is 19.8 Å². The minimum Gasteiger partial charge on any atom is -0.489 e. The number of amides is 1. The summed E-state index contributed by atoms with van der Waals surface area (Å²) in [5.41, 5.74) is -0.0275. The van der Waals surface area contributed by atoms with Crippen LogP contribution in [0.2, 0.25) is 0 Å². The van der Waals surface area contributed by atoms with Gasteiger partial charge in [0.05, 0.1) is 29.7 Å². The van der Waals surface area contributed by atoms with Crippen molar-refractivity contribution in [3.05, 3.63) is 125 Å². The van der Waals surface area contributed by atoms with Crippen molar-refractivity contribution < 1.29 is 50.5 Å². The lowest BCUT2D eigenvalue weighted by atomic mass is 9.86. The summed E-state index contributed by atoms with van der Waals surface area (Å²) in [4.78, 5) is 16.0. The smallest absolute Gasteiger partial charge is 0.416 e. The molecule has 2 N–H and O–H groups in total. The van der Waals surface area contributed by atoms with Gasteiger partial charge in [-0.25, -0.2) is 4.39 Å². The van der Waals surface area contributed by atoms with Crippen LogP contribution in [0, 0.1) is 11.7 Å². The van der Waals surface area contributed by atoms with Crippen molar-refractivity contribution in [2.75, 3.05) is 13.3 Å². The molecule has 1 aliphatic heterocycles. The molecular formula is C37H36F7NO4. The van der Waals surface area contributed by atoms with Gasteiger partial charge in [0.25, 0.3) is 0 Å². The molecule has 1 aliphatic rings. The second kappa shape index (κ2) is 15.4. The van der Waals surface area contributed by atoms with E-state index in [1.807, 2.05) is 44.2 Å². The predicted octanol–water partition coefficient (Wildman–Crippen LogP) is 8.84. The average Bonchev–Trinajstić information content (AvgIpc) is 3.50. The van der Waals surface area contributed by atoms with Crippen LogP contribution in [-0.2, 0) is 34.9 Å². The number of nitrogens with zero attached hydrogens (tertiary/aromatic N) is 1. The number of carbonyl (C=O) groups is 1. The predicted molar refractivity (Wildman–Crippen MR) is 170 cm³/mol. The molecule has 0 saturated carbocycles. The van der Waals surface area contributed by atoms with E-state index >= 15 is 0 Å². The van der Waals surface area contributed by atoms with E-state index in [0.29, 0.717) is 42.2 Å². The first-order valence-corrected chi connectivity index (χ1v) is 15.4. The topological polar surface area (TPSA) is 70.3 Å². The minimum absolute atomic E-state index is 0. The van der Waals surface area contributed by atoms with Crippen molar-refractivity contribution in [2.24, 2.45) is 5.92 Å². The van der Waals surface area contributed by atoms with Crippen molar-refractivity contribution in [1.82, 2.24) is 4.90 Å². The van der Waals surface area contributed by atoms with Crippen LogP contribution >= 0.6 is 0 Å². The molecule has 0 radical (unpaired) electrons. The number of ether oxygens (including phenoxy) is 2. The molecule has 0 bridgehead atoms. The maximum atomic E-state index is 14.3. The summed E-state index contributed by atoms with van der Waals surface area (Å²) in [5.74, 6) is -1.85. The van der Waals surface area contributed by atoms with Crippen LogP contribution in [0.5, 0.6) is 5.75 Å². The van der Waals surface area contributed by atoms with Crippen LogP contribution in [0.3, 0.4) is 0 Å². The lowest BCUT2D eigenvalue weighted by Gasteiger charge is -2.29. The maximum absolute atomic E-state index is 14.3. The highest BCUT2D eigenvalue weighted by Gasteiger charge is 2.36. The molecule has 2 unspecified atom stereocenters. The van der Waals surface area contributed by atoms with Crippen molar-refractivity contribution in [3.8, 4) is 16.9 Å². The Morgan fingerprint density at radius 3 is 2.20 bits per heavy atom. The fraction of sp³-hybridized carbons (Fsp3) is 0.324. The van der Waals surface area contributed by atoms with E-state index in [2.05, 4.69) is 0 Å². The zero-order valence-corrected chi connectivity index (χ0v) is 26.7. The van der Waals surface area contributed by atoms with E-state index in [-0.39, 0.29) is 41.4 Å². The van der Waals surface area contributed by atoms with Gasteiger partial charge in [-0.15, -0.1) is 0 Å². The molecule has 4 aromatic carbocycles. The van der Waals surface area contributed by atoms with Gasteiger partial charge in [-0.1, -0.05) is 68.4 Å². The molecule has 5 rings (SSSR count). The highest BCUT2D eigenvalue weighted by atomic mass is 19.4. The molecule has 1 fully saturated rings. The Balaban J connectivity index is 0.00000541. The summed E-state index contributed by atoms with van der Waals surface area (Å²) in [6, 6.07) is 20.9. The van der Waals surface area contributed by atoms with Crippen LogP contribution < -0.4 is 4.74 Å². The lowest BCUT2D eigenvalue weighted by molar-refractivity contribution is -0.139. The Labute approximate surface area is 279 Å². The molecule has 1 saturated heterocycles. The summed E-state index contributed by atoms with van der Waals surface area (Å²) < 4.78 is 106. The summed E-state index contributed by atoms with van der Waals surface area (Å²) in [6.45, 7) is 3.75. The number of carbonyl (C=O) groups excluding carboxylic acids is 1. The third-order valence-electron chi connectivity index (χ3n) is 8.23. The van der Waals surface area contributed by atoms with Crippen molar-refractivity contribution in [2.45, 2.75) is 57.6 Å². The minimum atomic E-state index is -4.84. The standard InChI is InChI=1S/C37H34F7NO3.H2O/c1-23(2)14-33(35(46)45-22-47-21-31(45)15-24-6-4-3-5-7-24)28-16-27(25-8-11-29(12-9-25)36(39,40)41)17-32(18-28)48-20-26-10-13-30(38)19-34(26)37(42,43)44;/h3-13,16-19,23,31,33H,14-15,20-22H2,1-2H3;1H2.